The van der Waals surface area contributed by atoms with E-state index in [1.807, 2.05) is 65.8 Å². The molecule has 0 N–H and O–H groups in total. The highest BCUT2D eigenvalue weighted by Gasteiger charge is 2.41. The van der Waals surface area contributed by atoms with Crippen molar-refractivity contribution >= 4 is 20.0 Å². The molecule has 1 atom stereocenters. The molecule has 2 rings (SSSR count). The van der Waals surface area contributed by atoms with E-state index in [1.54, 1.807) is 0 Å². The fraction of sp³-hybridized carbons (Fsp3) is 0.533. The normalized spacial score (nSPS) is 12.9. The first kappa shape index (κ1) is 28.1. The van der Waals surface area contributed by atoms with Crippen LogP contribution in [-0.2, 0) is 4.57 Å². The predicted octanol–water partition coefficient (Wildman–Crippen LogP) is 8.49. The maximum Gasteiger partial charge on any atom is 0.175 e. The Kier molecular flexibility index (Phi) is 9.54. The largest absolute Gasteiger partial charge is 0.293 e. The van der Waals surface area contributed by atoms with E-state index >= 15 is 0 Å². The van der Waals surface area contributed by atoms with Crippen LogP contribution in [0, 0.1) is 52.9 Å². The van der Waals surface area contributed by atoms with Crippen molar-refractivity contribution in [3.05, 3.63) is 68.8 Å². The fourth-order valence-electron chi connectivity index (χ4n) is 5.46. The lowest BCUT2D eigenvalue weighted by Crippen LogP contribution is -2.36. The molecule has 0 saturated heterocycles. The molecule has 0 aliphatic heterocycles. The SMILES string of the molecule is CCCCC(C)(C)CC(P=O)C(C(=O)c1c(C)cc(C)cc1C)C(=O)c1c(C)cc(C)cc1C. The molecule has 0 saturated carbocycles. The first-order valence-electron chi connectivity index (χ1n) is 12.4. The molecule has 0 amide bonds. The van der Waals surface area contributed by atoms with E-state index < -0.39 is 11.6 Å². The molecule has 34 heavy (non-hydrogen) atoms. The topological polar surface area (TPSA) is 51.2 Å². The van der Waals surface area contributed by atoms with Gasteiger partial charge in [0.25, 0.3) is 0 Å². The van der Waals surface area contributed by atoms with Crippen molar-refractivity contribution in [2.45, 2.75) is 93.7 Å². The molecule has 0 aromatic heterocycles. The Balaban J connectivity index is 2.67. The van der Waals surface area contributed by atoms with E-state index in [0.29, 0.717) is 17.5 Å². The number of carbonyl (C=O) groups is 2. The molecule has 0 fully saturated rings. The zero-order valence-electron chi connectivity index (χ0n) is 22.5. The summed E-state index contributed by atoms with van der Waals surface area (Å²) in [6.07, 6.45) is 3.66. The van der Waals surface area contributed by atoms with Gasteiger partial charge in [0.1, 0.15) is 0 Å². The van der Waals surface area contributed by atoms with E-state index in [1.165, 1.54) is 0 Å². The maximum absolute atomic E-state index is 14.1. The summed E-state index contributed by atoms with van der Waals surface area (Å²) in [6.45, 7) is 18.2. The number of rotatable bonds is 11. The molecule has 0 aliphatic rings. The third kappa shape index (κ3) is 6.51. The van der Waals surface area contributed by atoms with Gasteiger partial charge in [0.15, 0.2) is 20.0 Å². The van der Waals surface area contributed by atoms with Gasteiger partial charge in [-0.25, -0.2) is 0 Å². The summed E-state index contributed by atoms with van der Waals surface area (Å²) in [5, 5.41) is 0. The van der Waals surface area contributed by atoms with Gasteiger partial charge in [0, 0.05) is 11.1 Å². The zero-order chi connectivity index (χ0) is 25.8. The minimum Gasteiger partial charge on any atom is -0.293 e. The second-order valence-corrected chi connectivity index (χ2v) is 11.8. The number of carbonyl (C=O) groups excluding carboxylic acids is 2. The van der Waals surface area contributed by atoms with Crippen molar-refractivity contribution in [1.82, 2.24) is 0 Å². The van der Waals surface area contributed by atoms with Gasteiger partial charge in [-0.1, -0.05) is 69.0 Å². The first-order chi connectivity index (χ1) is 15.8. The van der Waals surface area contributed by atoms with Gasteiger partial charge in [-0.2, -0.15) is 0 Å². The highest BCUT2D eigenvalue weighted by Crippen LogP contribution is 2.39. The van der Waals surface area contributed by atoms with E-state index in [9.17, 15) is 14.2 Å². The van der Waals surface area contributed by atoms with Gasteiger partial charge in [0.2, 0.25) is 0 Å². The van der Waals surface area contributed by atoms with E-state index in [4.69, 9.17) is 0 Å². The molecule has 0 bridgehead atoms. The lowest BCUT2D eigenvalue weighted by Gasteiger charge is -2.31. The van der Waals surface area contributed by atoms with Crippen molar-refractivity contribution in [2.24, 2.45) is 11.3 Å². The van der Waals surface area contributed by atoms with Gasteiger partial charge >= 0.3 is 0 Å². The lowest BCUT2D eigenvalue weighted by atomic mass is 9.75. The summed E-state index contributed by atoms with van der Waals surface area (Å²) in [7, 11) is -0.152. The zero-order valence-corrected chi connectivity index (χ0v) is 23.4. The molecule has 1 unspecified atom stereocenters. The number of hydrogen-bond donors (Lipinski definition) is 0. The van der Waals surface area contributed by atoms with Crippen LogP contribution in [0.5, 0.6) is 0 Å². The minimum absolute atomic E-state index is 0.119. The Morgan fingerprint density at radius 2 is 1.18 bits per heavy atom. The standard InChI is InChI=1S/C30H41O3P/c1-10-11-12-30(8,9)17-24(34-33)27(28(31)25-20(4)13-18(2)14-21(25)5)29(32)26-22(6)15-19(3)16-23(26)7/h13-16,24,27H,10-12,17H2,1-9H3. The average molecular weight is 481 g/mol. The summed E-state index contributed by atoms with van der Waals surface area (Å²) in [6, 6.07) is 7.94. The minimum atomic E-state index is -0.986. The Morgan fingerprint density at radius 3 is 1.50 bits per heavy atom. The van der Waals surface area contributed by atoms with Crippen molar-refractivity contribution in [2.75, 3.05) is 0 Å². The number of hydrogen-bond acceptors (Lipinski definition) is 3. The molecule has 184 valence electrons. The molecule has 0 radical (unpaired) electrons. The van der Waals surface area contributed by atoms with Crippen molar-refractivity contribution < 1.29 is 14.2 Å². The highest BCUT2D eigenvalue weighted by molar-refractivity contribution is 7.25. The molecule has 0 aliphatic carbocycles. The second kappa shape index (κ2) is 11.5. The molecule has 0 spiro atoms. The van der Waals surface area contributed by atoms with Gasteiger partial charge in [-0.05, 0) is 82.1 Å². The monoisotopic (exact) mass is 480 g/mol. The summed E-state index contributed by atoms with van der Waals surface area (Å²) >= 11 is 0. The maximum atomic E-state index is 14.1. The third-order valence-corrected chi connectivity index (χ3v) is 7.65. The Hall–Kier alpha value is -2.12. The predicted molar refractivity (Wildman–Crippen MR) is 143 cm³/mol. The molecule has 0 heterocycles. The van der Waals surface area contributed by atoms with Crippen LogP contribution in [0.4, 0.5) is 0 Å². The number of unbranched alkanes of at least 4 members (excludes halogenated alkanes) is 1. The number of ketones is 2. The summed E-state index contributed by atoms with van der Waals surface area (Å²) in [5.41, 5.74) is 6.11. The van der Waals surface area contributed by atoms with E-state index in [0.717, 1.165) is 52.6 Å². The summed E-state index contributed by atoms with van der Waals surface area (Å²) < 4.78 is 12.6. The summed E-state index contributed by atoms with van der Waals surface area (Å²) in [4.78, 5) is 28.3. The van der Waals surface area contributed by atoms with Crippen molar-refractivity contribution in [3.63, 3.8) is 0 Å². The highest BCUT2D eigenvalue weighted by atomic mass is 31.1. The molecule has 2 aromatic carbocycles. The second-order valence-electron chi connectivity index (χ2n) is 10.9. The number of Topliss-reactive ketones (excluding diaryl/α,β-unsaturated/α-hetero) is 2. The lowest BCUT2D eigenvalue weighted by molar-refractivity contribution is 0.0789. The van der Waals surface area contributed by atoms with Crippen LogP contribution in [0.1, 0.15) is 101 Å². The Labute approximate surface area is 208 Å². The van der Waals surface area contributed by atoms with Crippen LogP contribution in [0.3, 0.4) is 0 Å². The van der Waals surface area contributed by atoms with Crippen LogP contribution in [-0.4, -0.2) is 17.2 Å². The smallest absolute Gasteiger partial charge is 0.175 e. The Morgan fingerprint density at radius 1 is 0.794 bits per heavy atom. The number of aryl methyl sites for hydroxylation is 6. The van der Waals surface area contributed by atoms with Crippen LogP contribution in [0.2, 0.25) is 0 Å². The first-order valence-corrected chi connectivity index (χ1v) is 13.3. The molecular weight excluding hydrogens is 439 g/mol. The van der Waals surface area contributed by atoms with Gasteiger partial charge in [-0.15, -0.1) is 0 Å². The molecule has 3 nitrogen and oxygen atoms in total. The van der Waals surface area contributed by atoms with Gasteiger partial charge < -0.3 is 0 Å². The number of benzene rings is 2. The van der Waals surface area contributed by atoms with E-state index in [-0.39, 0.29) is 25.4 Å². The van der Waals surface area contributed by atoms with Crippen LogP contribution in [0.25, 0.3) is 0 Å². The quantitative estimate of drug-likeness (QED) is 0.184. The van der Waals surface area contributed by atoms with Crippen molar-refractivity contribution in [3.8, 4) is 0 Å². The third-order valence-electron chi connectivity index (χ3n) is 6.90. The summed E-state index contributed by atoms with van der Waals surface area (Å²) in [5.74, 6) is -1.40. The molecular formula is C30H41O3P. The fourth-order valence-corrected chi connectivity index (χ4v) is 6.42. The molecule has 4 heteroatoms. The van der Waals surface area contributed by atoms with Crippen LogP contribution < -0.4 is 0 Å². The van der Waals surface area contributed by atoms with E-state index in [2.05, 4.69) is 20.8 Å². The van der Waals surface area contributed by atoms with Gasteiger partial charge in [-0.3, -0.25) is 14.2 Å². The Bertz CT molecular complexity index is 965. The van der Waals surface area contributed by atoms with Crippen LogP contribution in [0.15, 0.2) is 24.3 Å². The van der Waals surface area contributed by atoms with Crippen LogP contribution >= 0.6 is 8.46 Å². The van der Waals surface area contributed by atoms with Gasteiger partial charge in [0.05, 0.1) is 11.6 Å². The average Bonchev–Trinajstić information content (AvgIpc) is 2.70. The molecule has 2 aromatic rings. The van der Waals surface area contributed by atoms with Crippen molar-refractivity contribution in [1.29, 1.82) is 0 Å².